The number of alkyl halides is 3. The van der Waals surface area contributed by atoms with E-state index in [0.717, 1.165) is 37.6 Å². The molecule has 1 aliphatic rings. The van der Waals surface area contributed by atoms with Crippen molar-refractivity contribution >= 4 is 0 Å². The SMILES string of the molecule is CC(C)CNCC1CCC1c1cccc(C(F)(F)F)c1. The Morgan fingerprint density at radius 3 is 2.55 bits per heavy atom. The van der Waals surface area contributed by atoms with Gasteiger partial charge < -0.3 is 5.32 Å². The van der Waals surface area contributed by atoms with Crippen LogP contribution in [0.15, 0.2) is 24.3 Å². The highest BCUT2D eigenvalue weighted by atomic mass is 19.4. The maximum absolute atomic E-state index is 12.7. The Kier molecular flexibility index (Phi) is 4.74. The molecule has 1 nitrogen and oxygen atoms in total. The van der Waals surface area contributed by atoms with Crippen LogP contribution in [0.2, 0.25) is 0 Å². The minimum absolute atomic E-state index is 0.275. The van der Waals surface area contributed by atoms with Gasteiger partial charge in [0.25, 0.3) is 0 Å². The fourth-order valence-corrected chi connectivity index (χ4v) is 2.76. The molecule has 4 heteroatoms. The second kappa shape index (κ2) is 6.17. The average Bonchev–Trinajstić information content (AvgIpc) is 2.32. The fraction of sp³-hybridized carbons (Fsp3) is 0.625. The van der Waals surface area contributed by atoms with E-state index in [0.29, 0.717) is 11.8 Å². The highest BCUT2D eigenvalue weighted by Crippen LogP contribution is 2.43. The number of hydrogen-bond donors (Lipinski definition) is 1. The molecule has 0 aliphatic heterocycles. The summed E-state index contributed by atoms with van der Waals surface area (Å²) in [6.07, 6.45) is -2.15. The van der Waals surface area contributed by atoms with E-state index in [4.69, 9.17) is 0 Å². The topological polar surface area (TPSA) is 12.0 Å². The molecule has 0 amide bonds. The first-order chi connectivity index (χ1) is 9.38. The predicted molar refractivity (Wildman–Crippen MR) is 74.6 cm³/mol. The van der Waals surface area contributed by atoms with Crippen LogP contribution in [0.5, 0.6) is 0 Å². The van der Waals surface area contributed by atoms with Gasteiger partial charge in [0.1, 0.15) is 0 Å². The quantitative estimate of drug-likeness (QED) is 0.843. The van der Waals surface area contributed by atoms with E-state index in [2.05, 4.69) is 19.2 Å². The first kappa shape index (κ1) is 15.4. The molecule has 1 fully saturated rings. The van der Waals surface area contributed by atoms with Gasteiger partial charge in [-0.05, 0) is 55.3 Å². The molecule has 112 valence electrons. The van der Waals surface area contributed by atoms with Crippen LogP contribution in [0.1, 0.15) is 43.7 Å². The van der Waals surface area contributed by atoms with Crippen LogP contribution in [-0.2, 0) is 6.18 Å². The minimum Gasteiger partial charge on any atom is -0.316 e. The van der Waals surface area contributed by atoms with E-state index < -0.39 is 11.7 Å². The molecule has 0 spiro atoms. The molecule has 1 N–H and O–H groups in total. The van der Waals surface area contributed by atoms with Crippen LogP contribution in [0, 0.1) is 11.8 Å². The molecule has 0 heterocycles. The third kappa shape index (κ3) is 3.75. The Hall–Kier alpha value is -1.03. The lowest BCUT2D eigenvalue weighted by Crippen LogP contribution is -2.35. The van der Waals surface area contributed by atoms with E-state index in [-0.39, 0.29) is 5.92 Å². The molecule has 2 unspecified atom stereocenters. The highest BCUT2D eigenvalue weighted by molar-refractivity contribution is 5.30. The molecule has 1 aromatic carbocycles. The van der Waals surface area contributed by atoms with E-state index in [9.17, 15) is 13.2 Å². The van der Waals surface area contributed by atoms with E-state index >= 15 is 0 Å². The molecule has 20 heavy (non-hydrogen) atoms. The summed E-state index contributed by atoms with van der Waals surface area (Å²) in [4.78, 5) is 0. The van der Waals surface area contributed by atoms with Gasteiger partial charge in [-0.15, -0.1) is 0 Å². The summed E-state index contributed by atoms with van der Waals surface area (Å²) in [7, 11) is 0. The van der Waals surface area contributed by atoms with Crippen LogP contribution in [0.25, 0.3) is 0 Å². The van der Waals surface area contributed by atoms with Crippen molar-refractivity contribution in [2.24, 2.45) is 11.8 Å². The third-order valence-electron chi connectivity index (χ3n) is 4.02. The van der Waals surface area contributed by atoms with Gasteiger partial charge in [0, 0.05) is 0 Å². The summed E-state index contributed by atoms with van der Waals surface area (Å²) in [5, 5.41) is 3.41. The van der Waals surface area contributed by atoms with Crippen molar-refractivity contribution < 1.29 is 13.2 Å². The van der Waals surface area contributed by atoms with E-state index in [1.807, 2.05) is 6.07 Å². The van der Waals surface area contributed by atoms with Gasteiger partial charge in [0.05, 0.1) is 5.56 Å². The second-order valence-electron chi connectivity index (χ2n) is 6.12. The predicted octanol–water partition coefficient (Wildman–Crippen LogP) is 4.44. The fourth-order valence-electron chi connectivity index (χ4n) is 2.76. The molecular formula is C16H22F3N. The van der Waals surface area contributed by atoms with E-state index in [1.165, 1.54) is 12.1 Å². The average molecular weight is 285 g/mol. The van der Waals surface area contributed by atoms with Crippen molar-refractivity contribution in [3.8, 4) is 0 Å². The number of benzene rings is 1. The van der Waals surface area contributed by atoms with Gasteiger partial charge >= 0.3 is 6.18 Å². The summed E-state index contributed by atoms with van der Waals surface area (Å²) >= 11 is 0. The molecule has 0 radical (unpaired) electrons. The first-order valence-corrected chi connectivity index (χ1v) is 7.26. The van der Waals surface area contributed by atoms with Crippen molar-refractivity contribution in [2.45, 2.75) is 38.8 Å². The van der Waals surface area contributed by atoms with Crippen LogP contribution < -0.4 is 5.32 Å². The molecule has 1 aromatic rings. The zero-order valence-electron chi connectivity index (χ0n) is 12.0. The van der Waals surface area contributed by atoms with Crippen LogP contribution in [0.4, 0.5) is 13.2 Å². The molecule has 0 saturated heterocycles. The van der Waals surface area contributed by atoms with Crippen molar-refractivity contribution in [2.75, 3.05) is 13.1 Å². The van der Waals surface area contributed by atoms with Gasteiger partial charge in [-0.2, -0.15) is 13.2 Å². The number of rotatable bonds is 5. The summed E-state index contributed by atoms with van der Waals surface area (Å²) in [6.45, 7) is 6.17. The molecule has 0 bridgehead atoms. The monoisotopic (exact) mass is 285 g/mol. The Labute approximate surface area is 118 Å². The molecule has 2 rings (SSSR count). The van der Waals surface area contributed by atoms with E-state index in [1.54, 1.807) is 0 Å². The number of hydrogen-bond acceptors (Lipinski definition) is 1. The maximum Gasteiger partial charge on any atom is 0.416 e. The molecular weight excluding hydrogens is 263 g/mol. The normalized spacial score (nSPS) is 22.9. The zero-order chi connectivity index (χ0) is 14.8. The summed E-state index contributed by atoms with van der Waals surface area (Å²) < 4.78 is 38.2. The Bertz CT molecular complexity index is 440. The lowest BCUT2D eigenvalue weighted by atomic mass is 9.69. The van der Waals surface area contributed by atoms with Gasteiger partial charge in [-0.1, -0.05) is 32.0 Å². The maximum atomic E-state index is 12.7. The molecule has 0 aromatic heterocycles. The largest absolute Gasteiger partial charge is 0.416 e. The Morgan fingerprint density at radius 1 is 1.25 bits per heavy atom. The summed E-state index contributed by atoms with van der Waals surface area (Å²) in [6, 6.07) is 5.82. The molecule has 2 atom stereocenters. The number of halogens is 3. The van der Waals surface area contributed by atoms with Crippen molar-refractivity contribution in [3.63, 3.8) is 0 Å². The summed E-state index contributed by atoms with van der Waals surface area (Å²) in [5.41, 5.74) is 0.304. The highest BCUT2D eigenvalue weighted by Gasteiger charge is 2.35. The lowest BCUT2D eigenvalue weighted by molar-refractivity contribution is -0.137. The standard InChI is InChI=1S/C16H22F3N/c1-11(2)9-20-10-13-6-7-15(13)12-4-3-5-14(8-12)16(17,18)19/h3-5,8,11,13,15,20H,6-7,9-10H2,1-2H3. The van der Waals surface area contributed by atoms with Gasteiger partial charge in [-0.3, -0.25) is 0 Å². The second-order valence-corrected chi connectivity index (χ2v) is 6.12. The third-order valence-corrected chi connectivity index (χ3v) is 4.02. The minimum atomic E-state index is -4.24. The zero-order valence-corrected chi connectivity index (χ0v) is 12.0. The molecule has 1 aliphatic carbocycles. The lowest BCUT2D eigenvalue weighted by Gasteiger charge is -2.37. The summed E-state index contributed by atoms with van der Waals surface area (Å²) in [5.74, 6) is 1.34. The van der Waals surface area contributed by atoms with Crippen LogP contribution in [0.3, 0.4) is 0 Å². The first-order valence-electron chi connectivity index (χ1n) is 7.26. The van der Waals surface area contributed by atoms with Crippen molar-refractivity contribution in [3.05, 3.63) is 35.4 Å². The Morgan fingerprint density at radius 2 is 2.00 bits per heavy atom. The smallest absolute Gasteiger partial charge is 0.316 e. The molecule has 1 saturated carbocycles. The van der Waals surface area contributed by atoms with Crippen molar-refractivity contribution in [1.29, 1.82) is 0 Å². The van der Waals surface area contributed by atoms with Gasteiger partial charge in [-0.25, -0.2) is 0 Å². The van der Waals surface area contributed by atoms with Crippen molar-refractivity contribution in [1.82, 2.24) is 5.32 Å². The van der Waals surface area contributed by atoms with Crippen LogP contribution >= 0.6 is 0 Å². The Balaban J connectivity index is 1.98. The van der Waals surface area contributed by atoms with Crippen LogP contribution in [-0.4, -0.2) is 13.1 Å². The van der Waals surface area contributed by atoms with Gasteiger partial charge in [0.2, 0.25) is 0 Å². The van der Waals surface area contributed by atoms with Gasteiger partial charge in [0.15, 0.2) is 0 Å². The number of nitrogens with one attached hydrogen (secondary N) is 1.